The maximum atomic E-state index is 8.64. The second kappa shape index (κ2) is 8.08. The highest BCUT2D eigenvalue weighted by atomic mass is 16.2. The smallest absolute Gasteiger partial charge is 0.0431 e. The van der Waals surface area contributed by atoms with Crippen LogP contribution < -0.4 is 10.6 Å². The zero-order valence-corrected chi connectivity index (χ0v) is 9.97. The number of nitrogens with one attached hydrogen (secondary N) is 2. The predicted octanol–water partition coefficient (Wildman–Crippen LogP) is 1.27. The molecule has 3 N–H and O–H groups in total. The topological polar surface area (TPSA) is 44.3 Å². The summed E-state index contributed by atoms with van der Waals surface area (Å²) in [5.74, 6) is 0. The van der Waals surface area contributed by atoms with Gasteiger partial charge in [-0.25, -0.2) is 0 Å². The lowest BCUT2D eigenvalue weighted by Crippen LogP contribution is -2.34. The average Bonchev–Trinajstić information content (AvgIpc) is 2.70. The van der Waals surface area contributed by atoms with Crippen LogP contribution in [0.4, 0.5) is 0 Å². The summed E-state index contributed by atoms with van der Waals surface area (Å²) in [6.45, 7) is 4.90. The molecule has 0 amide bonds. The van der Waals surface area contributed by atoms with Crippen molar-refractivity contribution in [3.63, 3.8) is 0 Å². The molecule has 0 aliphatic carbocycles. The molecule has 1 aliphatic rings. The summed E-state index contributed by atoms with van der Waals surface area (Å²) >= 11 is 0. The lowest BCUT2D eigenvalue weighted by atomic mass is 10.1. The fourth-order valence-electron chi connectivity index (χ4n) is 2.23. The highest BCUT2D eigenvalue weighted by Gasteiger charge is 2.16. The van der Waals surface area contributed by atoms with Gasteiger partial charge in [0.1, 0.15) is 0 Å². The molecule has 2 atom stereocenters. The van der Waals surface area contributed by atoms with E-state index in [-0.39, 0.29) is 0 Å². The second-order valence-electron chi connectivity index (χ2n) is 4.67. The Morgan fingerprint density at radius 3 is 2.93 bits per heavy atom. The summed E-state index contributed by atoms with van der Waals surface area (Å²) < 4.78 is 0. The number of rotatable bonds is 8. The SMILES string of the molecule is CC(CC1CCCN1)NCCCCCO. The molecule has 0 radical (unpaired) electrons. The Hall–Kier alpha value is -0.120. The van der Waals surface area contributed by atoms with Crippen molar-refractivity contribution in [1.82, 2.24) is 10.6 Å². The maximum Gasteiger partial charge on any atom is 0.0431 e. The van der Waals surface area contributed by atoms with Crippen LogP contribution in [0.15, 0.2) is 0 Å². The van der Waals surface area contributed by atoms with E-state index < -0.39 is 0 Å². The number of unbranched alkanes of at least 4 members (excludes halogenated alkanes) is 2. The molecule has 2 unspecified atom stereocenters. The van der Waals surface area contributed by atoms with E-state index >= 15 is 0 Å². The van der Waals surface area contributed by atoms with E-state index in [2.05, 4.69) is 17.6 Å². The number of aliphatic hydroxyl groups excluding tert-OH is 1. The molecule has 0 bridgehead atoms. The molecule has 90 valence electrons. The van der Waals surface area contributed by atoms with Gasteiger partial charge in [-0.3, -0.25) is 0 Å². The monoisotopic (exact) mass is 214 g/mol. The standard InChI is InChI=1S/C12H26N2O/c1-11(10-12-6-5-8-14-12)13-7-3-2-4-9-15/h11-15H,2-10H2,1H3. The molecular formula is C12H26N2O. The molecule has 3 nitrogen and oxygen atoms in total. The van der Waals surface area contributed by atoms with Crippen molar-refractivity contribution in [3.8, 4) is 0 Å². The molecule has 1 saturated heterocycles. The van der Waals surface area contributed by atoms with Crippen LogP contribution in [-0.2, 0) is 0 Å². The Kier molecular flexibility index (Phi) is 6.98. The van der Waals surface area contributed by atoms with Crippen LogP contribution in [0.2, 0.25) is 0 Å². The largest absolute Gasteiger partial charge is 0.396 e. The summed E-state index contributed by atoms with van der Waals surface area (Å²) in [5.41, 5.74) is 0. The first-order valence-corrected chi connectivity index (χ1v) is 6.40. The molecular weight excluding hydrogens is 188 g/mol. The van der Waals surface area contributed by atoms with Gasteiger partial charge in [-0.2, -0.15) is 0 Å². The van der Waals surface area contributed by atoms with E-state index in [1.807, 2.05) is 0 Å². The van der Waals surface area contributed by atoms with Gasteiger partial charge in [0.25, 0.3) is 0 Å². The van der Waals surface area contributed by atoms with Gasteiger partial charge in [-0.15, -0.1) is 0 Å². The third-order valence-electron chi connectivity index (χ3n) is 3.13. The van der Waals surface area contributed by atoms with Crippen LogP contribution >= 0.6 is 0 Å². The zero-order chi connectivity index (χ0) is 10.9. The summed E-state index contributed by atoms with van der Waals surface area (Å²) in [6, 6.07) is 1.36. The molecule has 15 heavy (non-hydrogen) atoms. The Labute approximate surface area is 93.6 Å². The van der Waals surface area contributed by atoms with Crippen molar-refractivity contribution in [2.75, 3.05) is 19.7 Å². The van der Waals surface area contributed by atoms with Crippen LogP contribution in [-0.4, -0.2) is 36.9 Å². The van der Waals surface area contributed by atoms with E-state index in [0.717, 1.165) is 25.4 Å². The first-order valence-electron chi connectivity index (χ1n) is 6.40. The fraction of sp³-hybridized carbons (Fsp3) is 1.00. The quantitative estimate of drug-likeness (QED) is 0.533. The lowest BCUT2D eigenvalue weighted by molar-refractivity contribution is 0.282. The highest BCUT2D eigenvalue weighted by Crippen LogP contribution is 2.10. The van der Waals surface area contributed by atoms with Crippen molar-refractivity contribution >= 4 is 0 Å². The minimum Gasteiger partial charge on any atom is -0.396 e. The van der Waals surface area contributed by atoms with Crippen molar-refractivity contribution < 1.29 is 5.11 Å². The van der Waals surface area contributed by atoms with E-state index in [1.54, 1.807) is 0 Å². The van der Waals surface area contributed by atoms with Gasteiger partial charge in [0.2, 0.25) is 0 Å². The lowest BCUT2D eigenvalue weighted by Gasteiger charge is -2.18. The summed E-state index contributed by atoms with van der Waals surface area (Å²) in [6.07, 6.45) is 7.20. The molecule has 0 saturated carbocycles. The van der Waals surface area contributed by atoms with Crippen molar-refractivity contribution in [2.45, 2.75) is 57.5 Å². The van der Waals surface area contributed by atoms with Gasteiger partial charge >= 0.3 is 0 Å². The van der Waals surface area contributed by atoms with Crippen molar-refractivity contribution in [2.24, 2.45) is 0 Å². The Balaban J connectivity index is 1.91. The average molecular weight is 214 g/mol. The molecule has 0 aromatic rings. The minimum absolute atomic E-state index is 0.335. The van der Waals surface area contributed by atoms with Gasteiger partial charge in [0.05, 0.1) is 0 Å². The van der Waals surface area contributed by atoms with E-state index in [1.165, 1.54) is 32.2 Å². The van der Waals surface area contributed by atoms with Gasteiger partial charge in [-0.05, 0) is 58.5 Å². The summed E-state index contributed by atoms with van der Waals surface area (Å²) in [7, 11) is 0. The second-order valence-corrected chi connectivity index (χ2v) is 4.67. The van der Waals surface area contributed by atoms with Gasteiger partial charge in [0.15, 0.2) is 0 Å². The van der Waals surface area contributed by atoms with E-state index in [0.29, 0.717) is 12.6 Å². The molecule has 1 aliphatic heterocycles. The Bertz CT molecular complexity index is 147. The first kappa shape index (κ1) is 12.9. The van der Waals surface area contributed by atoms with Crippen molar-refractivity contribution in [1.29, 1.82) is 0 Å². The number of hydrogen-bond donors (Lipinski definition) is 3. The van der Waals surface area contributed by atoms with Crippen LogP contribution in [0.3, 0.4) is 0 Å². The fourth-order valence-corrected chi connectivity index (χ4v) is 2.23. The number of aliphatic hydroxyl groups is 1. The van der Waals surface area contributed by atoms with Crippen molar-refractivity contribution in [3.05, 3.63) is 0 Å². The van der Waals surface area contributed by atoms with E-state index in [4.69, 9.17) is 5.11 Å². The molecule has 0 spiro atoms. The van der Waals surface area contributed by atoms with Crippen LogP contribution in [0.25, 0.3) is 0 Å². The highest BCUT2D eigenvalue weighted by molar-refractivity contribution is 4.78. The van der Waals surface area contributed by atoms with Gasteiger partial charge in [-0.1, -0.05) is 0 Å². The van der Waals surface area contributed by atoms with E-state index in [9.17, 15) is 0 Å². The molecule has 1 fully saturated rings. The third kappa shape index (κ3) is 6.13. The van der Waals surface area contributed by atoms with Gasteiger partial charge < -0.3 is 15.7 Å². The maximum absolute atomic E-state index is 8.64. The summed E-state index contributed by atoms with van der Waals surface area (Å²) in [4.78, 5) is 0. The molecule has 3 heteroatoms. The molecule has 0 aromatic carbocycles. The summed E-state index contributed by atoms with van der Waals surface area (Å²) in [5, 5.41) is 15.7. The molecule has 1 heterocycles. The Morgan fingerprint density at radius 1 is 1.40 bits per heavy atom. The normalized spacial score (nSPS) is 23.2. The van der Waals surface area contributed by atoms with Crippen LogP contribution in [0, 0.1) is 0 Å². The van der Waals surface area contributed by atoms with Crippen LogP contribution in [0.1, 0.15) is 45.4 Å². The zero-order valence-electron chi connectivity index (χ0n) is 9.97. The third-order valence-corrected chi connectivity index (χ3v) is 3.13. The first-order chi connectivity index (χ1) is 7.33. The minimum atomic E-state index is 0.335. The van der Waals surface area contributed by atoms with Crippen LogP contribution in [0.5, 0.6) is 0 Å². The molecule has 1 rings (SSSR count). The predicted molar refractivity (Wildman–Crippen MR) is 64.0 cm³/mol. The Morgan fingerprint density at radius 2 is 2.27 bits per heavy atom. The van der Waals surface area contributed by atoms with Gasteiger partial charge in [0, 0.05) is 18.7 Å². The number of hydrogen-bond acceptors (Lipinski definition) is 3. The molecule has 0 aromatic heterocycles.